The molecule has 2 heterocycles. The van der Waals surface area contributed by atoms with E-state index in [0.29, 0.717) is 11.6 Å². The molecule has 1 fully saturated rings. The average Bonchev–Trinajstić information content (AvgIpc) is 3.24. The number of aromatic nitrogens is 2. The molecule has 4 nitrogen and oxygen atoms in total. The Bertz CT molecular complexity index is 879. The largest absolute Gasteiger partial charge is 0.341 e. The van der Waals surface area contributed by atoms with Crippen molar-refractivity contribution in [1.29, 1.82) is 0 Å². The van der Waals surface area contributed by atoms with Crippen LogP contribution in [0.1, 0.15) is 12.8 Å². The highest BCUT2D eigenvalue weighted by Gasteiger charge is 2.21. The Morgan fingerprint density at radius 3 is 2.50 bits per heavy atom. The third kappa shape index (κ3) is 2.78. The number of amides is 1. The number of carbonyl (C=O) groups is 1. The first kappa shape index (κ1) is 15.2. The van der Waals surface area contributed by atoms with E-state index in [9.17, 15) is 4.79 Å². The fraction of sp³-hybridized carbons (Fsp3) is 0.263. The Balaban J connectivity index is 1.78. The van der Waals surface area contributed by atoms with Gasteiger partial charge in [0.05, 0.1) is 11.0 Å². The van der Waals surface area contributed by atoms with Gasteiger partial charge in [0.25, 0.3) is 0 Å². The van der Waals surface area contributed by atoms with Crippen LogP contribution >= 0.6 is 11.6 Å². The molecule has 122 valence electrons. The molecule has 1 saturated heterocycles. The Morgan fingerprint density at radius 2 is 1.75 bits per heavy atom. The summed E-state index contributed by atoms with van der Waals surface area (Å²) in [5.74, 6) is 0.964. The molecule has 24 heavy (non-hydrogen) atoms. The molecule has 1 aromatic heterocycles. The van der Waals surface area contributed by atoms with Gasteiger partial charge in [-0.2, -0.15) is 0 Å². The summed E-state index contributed by atoms with van der Waals surface area (Å²) in [6.45, 7) is 2.04. The number of hydrogen-bond acceptors (Lipinski definition) is 2. The van der Waals surface area contributed by atoms with Crippen LogP contribution in [0.2, 0.25) is 5.02 Å². The van der Waals surface area contributed by atoms with Crippen LogP contribution in [-0.4, -0.2) is 33.4 Å². The monoisotopic (exact) mass is 339 g/mol. The molecule has 1 aliphatic rings. The van der Waals surface area contributed by atoms with E-state index in [-0.39, 0.29) is 5.91 Å². The standard InChI is InChI=1S/C19H18ClN3O/c20-15-9-7-14(8-10-15)19-21-16-5-1-2-6-17(16)23(19)13-18(24)22-11-3-4-12-22/h1-2,5-10H,3-4,11-13H2. The number of para-hydroxylation sites is 2. The molecular formula is C19H18ClN3O. The second kappa shape index (κ2) is 6.29. The predicted molar refractivity (Wildman–Crippen MR) is 96.0 cm³/mol. The van der Waals surface area contributed by atoms with Gasteiger partial charge in [0.2, 0.25) is 5.91 Å². The van der Waals surface area contributed by atoms with Gasteiger partial charge in [-0.05, 0) is 49.2 Å². The van der Waals surface area contributed by atoms with Crippen molar-refractivity contribution in [3.8, 4) is 11.4 Å². The molecule has 0 aliphatic carbocycles. The van der Waals surface area contributed by atoms with Crippen molar-refractivity contribution in [3.05, 3.63) is 53.6 Å². The van der Waals surface area contributed by atoms with E-state index in [4.69, 9.17) is 16.6 Å². The second-order valence-electron chi connectivity index (χ2n) is 6.11. The maximum Gasteiger partial charge on any atom is 0.242 e. The molecule has 2 aromatic carbocycles. The zero-order valence-corrected chi connectivity index (χ0v) is 14.0. The summed E-state index contributed by atoms with van der Waals surface area (Å²) in [5.41, 5.74) is 2.84. The summed E-state index contributed by atoms with van der Waals surface area (Å²) in [4.78, 5) is 19.3. The summed E-state index contributed by atoms with van der Waals surface area (Å²) in [7, 11) is 0. The Hall–Kier alpha value is -2.33. The van der Waals surface area contributed by atoms with Crippen LogP contribution in [0, 0.1) is 0 Å². The molecule has 0 unspecified atom stereocenters. The van der Waals surface area contributed by atoms with Crippen LogP contribution in [0.15, 0.2) is 48.5 Å². The summed E-state index contributed by atoms with van der Waals surface area (Å²) < 4.78 is 2.01. The van der Waals surface area contributed by atoms with Crippen molar-refractivity contribution >= 4 is 28.5 Å². The molecule has 0 N–H and O–H groups in total. The third-order valence-corrected chi connectivity index (χ3v) is 4.76. The lowest BCUT2D eigenvalue weighted by Gasteiger charge is -2.17. The van der Waals surface area contributed by atoms with Crippen molar-refractivity contribution < 1.29 is 4.79 Å². The first-order valence-corrected chi connectivity index (χ1v) is 8.59. The Kier molecular flexibility index (Phi) is 3.98. The van der Waals surface area contributed by atoms with Crippen molar-refractivity contribution in [3.63, 3.8) is 0 Å². The summed E-state index contributed by atoms with van der Waals surface area (Å²) >= 11 is 6.00. The number of fused-ring (bicyclic) bond motifs is 1. The first-order valence-electron chi connectivity index (χ1n) is 8.21. The SMILES string of the molecule is O=C(Cn1c(-c2ccc(Cl)cc2)nc2ccccc21)N1CCCC1. The average molecular weight is 340 g/mol. The summed E-state index contributed by atoms with van der Waals surface area (Å²) in [5, 5.41) is 0.689. The quantitative estimate of drug-likeness (QED) is 0.724. The lowest BCUT2D eigenvalue weighted by Crippen LogP contribution is -2.31. The van der Waals surface area contributed by atoms with Gasteiger partial charge in [-0.15, -0.1) is 0 Å². The fourth-order valence-electron chi connectivity index (χ4n) is 3.26. The van der Waals surface area contributed by atoms with Gasteiger partial charge in [-0.25, -0.2) is 4.98 Å². The molecule has 5 heteroatoms. The van der Waals surface area contributed by atoms with Gasteiger partial charge < -0.3 is 9.47 Å². The van der Waals surface area contributed by atoms with Gasteiger partial charge >= 0.3 is 0 Å². The van der Waals surface area contributed by atoms with Crippen molar-refractivity contribution in [1.82, 2.24) is 14.5 Å². The lowest BCUT2D eigenvalue weighted by atomic mass is 10.2. The molecule has 3 aromatic rings. The second-order valence-corrected chi connectivity index (χ2v) is 6.54. The van der Waals surface area contributed by atoms with E-state index in [2.05, 4.69) is 0 Å². The van der Waals surface area contributed by atoms with Gasteiger partial charge in [0.1, 0.15) is 12.4 Å². The predicted octanol–water partition coefficient (Wildman–Crippen LogP) is 3.98. The van der Waals surface area contributed by atoms with E-state index in [1.165, 1.54) is 0 Å². The van der Waals surface area contributed by atoms with Crippen LogP contribution in [-0.2, 0) is 11.3 Å². The number of hydrogen-bond donors (Lipinski definition) is 0. The number of halogens is 1. The van der Waals surface area contributed by atoms with Crippen molar-refractivity contribution in [2.45, 2.75) is 19.4 Å². The highest BCUT2D eigenvalue weighted by atomic mass is 35.5. The first-order chi connectivity index (χ1) is 11.7. The van der Waals surface area contributed by atoms with E-state index < -0.39 is 0 Å². The minimum Gasteiger partial charge on any atom is -0.341 e. The zero-order valence-electron chi connectivity index (χ0n) is 13.3. The molecular weight excluding hydrogens is 322 g/mol. The number of nitrogens with zero attached hydrogens (tertiary/aromatic N) is 3. The van der Waals surface area contributed by atoms with Gasteiger partial charge in [-0.3, -0.25) is 4.79 Å². The highest BCUT2D eigenvalue weighted by molar-refractivity contribution is 6.30. The van der Waals surface area contributed by atoms with Gasteiger partial charge in [0.15, 0.2) is 0 Å². The van der Waals surface area contributed by atoms with Gasteiger partial charge in [0, 0.05) is 23.7 Å². The smallest absolute Gasteiger partial charge is 0.242 e. The van der Waals surface area contributed by atoms with E-state index in [0.717, 1.165) is 48.4 Å². The highest BCUT2D eigenvalue weighted by Crippen LogP contribution is 2.26. The van der Waals surface area contributed by atoms with Crippen LogP contribution in [0.4, 0.5) is 0 Å². The maximum absolute atomic E-state index is 12.7. The molecule has 1 amide bonds. The molecule has 0 bridgehead atoms. The van der Waals surface area contributed by atoms with Crippen LogP contribution < -0.4 is 0 Å². The van der Waals surface area contributed by atoms with Crippen LogP contribution in [0.3, 0.4) is 0 Å². The molecule has 0 radical (unpaired) electrons. The van der Waals surface area contributed by atoms with E-state index >= 15 is 0 Å². The fourth-order valence-corrected chi connectivity index (χ4v) is 3.38. The summed E-state index contributed by atoms with van der Waals surface area (Å²) in [6.07, 6.45) is 2.20. The Labute approximate surface area is 145 Å². The lowest BCUT2D eigenvalue weighted by molar-refractivity contribution is -0.130. The summed E-state index contributed by atoms with van der Waals surface area (Å²) in [6, 6.07) is 15.5. The minimum atomic E-state index is 0.158. The Morgan fingerprint density at radius 1 is 1.04 bits per heavy atom. The topological polar surface area (TPSA) is 38.1 Å². The number of imidazole rings is 1. The zero-order chi connectivity index (χ0) is 16.5. The molecule has 0 spiro atoms. The third-order valence-electron chi connectivity index (χ3n) is 4.51. The maximum atomic E-state index is 12.7. The molecule has 0 saturated carbocycles. The number of rotatable bonds is 3. The minimum absolute atomic E-state index is 0.158. The number of likely N-dealkylation sites (tertiary alicyclic amines) is 1. The van der Waals surface area contributed by atoms with E-state index in [1.54, 1.807) is 0 Å². The molecule has 1 aliphatic heterocycles. The van der Waals surface area contributed by atoms with E-state index in [1.807, 2.05) is 58.0 Å². The van der Waals surface area contributed by atoms with Crippen molar-refractivity contribution in [2.24, 2.45) is 0 Å². The van der Waals surface area contributed by atoms with Crippen LogP contribution in [0.5, 0.6) is 0 Å². The van der Waals surface area contributed by atoms with Crippen LogP contribution in [0.25, 0.3) is 22.4 Å². The normalized spacial score (nSPS) is 14.5. The van der Waals surface area contributed by atoms with Gasteiger partial charge in [-0.1, -0.05) is 23.7 Å². The molecule has 0 atom stereocenters. The number of carbonyl (C=O) groups excluding carboxylic acids is 1. The number of benzene rings is 2. The molecule has 4 rings (SSSR count). The van der Waals surface area contributed by atoms with Crippen molar-refractivity contribution in [2.75, 3.05) is 13.1 Å².